The molecule has 0 aliphatic carbocycles. The second kappa shape index (κ2) is 8.64. The summed E-state index contributed by atoms with van der Waals surface area (Å²) in [5.41, 5.74) is 1.14. The fraction of sp³-hybridized carbons (Fsp3) is 0.571. The number of methoxy groups -OCH3 is 1. The van der Waals surface area contributed by atoms with Crippen molar-refractivity contribution in [1.82, 2.24) is 4.90 Å². The molecule has 0 aliphatic rings. The van der Waals surface area contributed by atoms with Gasteiger partial charge in [0.25, 0.3) is 0 Å². The largest absolute Gasteiger partial charge is 0.394 e. The van der Waals surface area contributed by atoms with Gasteiger partial charge in [-0.15, -0.1) is 0 Å². The van der Waals surface area contributed by atoms with Crippen LogP contribution in [-0.4, -0.2) is 43.9 Å². The Morgan fingerprint density at radius 2 is 2.17 bits per heavy atom. The third-order valence-corrected chi connectivity index (χ3v) is 3.54. The van der Waals surface area contributed by atoms with Crippen molar-refractivity contribution in [3.8, 4) is 0 Å². The number of unbranched alkanes of at least 4 members (excludes halogenated alkanes) is 1. The zero-order valence-electron chi connectivity index (χ0n) is 11.1. The molecule has 102 valence electrons. The molecule has 0 radical (unpaired) electrons. The highest BCUT2D eigenvalue weighted by Gasteiger charge is 2.15. The molecule has 1 N–H and O–H groups in total. The zero-order chi connectivity index (χ0) is 13.4. The van der Waals surface area contributed by atoms with Gasteiger partial charge in [0.2, 0.25) is 0 Å². The monoisotopic (exact) mass is 315 g/mol. The number of aliphatic hydroxyl groups is 1. The molecule has 0 saturated carbocycles. The average Bonchev–Trinajstić information content (AvgIpc) is 2.36. The minimum absolute atomic E-state index is 0.0602. The number of rotatable bonds is 8. The summed E-state index contributed by atoms with van der Waals surface area (Å²) >= 11 is 3.47. The van der Waals surface area contributed by atoms with E-state index in [1.807, 2.05) is 12.1 Å². The maximum absolute atomic E-state index is 9.56. The summed E-state index contributed by atoms with van der Waals surface area (Å²) in [4.78, 5) is 2.19. The van der Waals surface area contributed by atoms with E-state index in [0.717, 1.165) is 36.0 Å². The van der Waals surface area contributed by atoms with Crippen molar-refractivity contribution in [3.63, 3.8) is 0 Å². The Bertz CT molecular complexity index is 346. The van der Waals surface area contributed by atoms with Gasteiger partial charge in [-0.05, 0) is 44.1 Å². The van der Waals surface area contributed by atoms with E-state index in [1.165, 1.54) is 0 Å². The first-order chi connectivity index (χ1) is 8.69. The molecule has 1 unspecified atom stereocenters. The van der Waals surface area contributed by atoms with E-state index in [-0.39, 0.29) is 12.6 Å². The van der Waals surface area contributed by atoms with Gasteiger partial charge in [-0.2, -0.15) is 0 Å². The molecular formula is C14H22BrNO2. The highest BCUT2D eigenvalue weighted by molar-refractivity contribution is 9.10. The molecule has 0 fully saturated rings. The van der Waals surface area contributed by atoms with Crippen LogP contribution in [0.5, 0.6) is 0 Å². The summed E-state index contributed by atoms with van der Waals surface area (Å²) in [7, 11) is 3.77. The summed E-state index contributed by atoms with van der Waals surface area (Å²) in [6.07, 6.45) is 2.13. The molecule has 4 heteroatoms. The van der Waals surface area contributed by atoms with Crippen LogP contribution in [0.25, 0.3) is 0 Å². The lowest BCUT2D eigenvalue weighted by atomic mass is 10.1. The third kappa shape index (κ3) is 5.06. The third-order valence-electron chi connectivity index (χ3n) is 3.05. The molecule has 1 atom stereocenters. The molecule has 0 saturated heterocycles. The summed E-state index contributed by atoms with van der Waals surface area (Å²) < 4.78 is 6.08. The smallest absolute Gasteiger partial charge is 0.0628 e. The van der Waals surface area contributed by atoms with E-state index in [2.05, 4.69) is 40.0 Å². The van der Waals surface area contributed by atoms with Gasteiger partial charge in [-0.25, -0.2) is 0 Å². The fourth-order valence-electron chi connectivity index (χ4n) is 1.98. The van der Waals surface area contributed by atoms with Gasteiger partial charge in [0.15, 0.2) is 0 Å². The lowest BCUT2D eigenvalue weighted by molar-refractivity contribution is 0.139. The molecular weight excluding hydrogens is 294 g/mol. The normalized spacial score (nSPS) is 12.9. The lowest BCUT2D eigenvalue weighted by Gasteiger charge is -2.27. The van der Waals surface area contributed by atoms with Crippen LogP contribution in [0.1, 0.15) is 24.4 Å². The maximum atomic E-state index is 9.56. The number of hydrogen-bond acceptors (Lipinski definition) is 3. The minimum atomic E-state index is 0.0602. The first kappa shape index (κ1) is 15.6. The number of likely N-dealkylation sites (N-methyl/N-ethyl adjacent to an activating group) is 1. The van der Waals surface area contributed by atoms with E-state index in [4.69, 9.17) is 4.74 Å². The number of ether oxygens (including phenoxy) is 1. The molecule has 0 spiro atoms. The van der Waals surface area contributed by atoms with Crippen LogP contribution in [0.3, 0.4) is 0 Å². The molecule has 0 heterocycles. The number of halogens is 1. The van der Waals surface area contributed by atoms with Crippen molar-refractivity contribution in [3.05, 3.63) is 34.3 Å². The molecule has 1 aromatic rings. The highest BCUT2D eigenvalue weighted by Crippen LogP contribution is 2.22. The molecule has 1 aromatic carbocycles. The first-order valence-electron chi connectivity index (χ1n) is 6.24. The molecule has 18 heavy (non-hydrogen) atoms. The summed E-state index contributed by atoms with van der Waals surface area (Å²) in [5.74, 6) is 0. The number of aliphatic hydroxyl groups excluding tert-OH is 1. The average molecular weight is 316 g/mol. The second-order valence-corrected chi connectivity index (χ2v) is 5.35. The second-order valence-electron chi connectivity index (χ2n) is 4.43. The van der Waals surface area contributed by atoms with Gasteiger partial charge in [-0.1, -0.05) is 28.1 Å². The minimum Gasteiger partial charge on any atom is -0.394 e. The van der Waals surface area contributed by atoms with E-state index >= 15 is 0 Å². The number of benzene rings is 1. The van der Waals surface area contributed by atoms with Gasteiger partial charge in [0.1, 0.15) is 0 Å². The Morgan fingerprint density at radius 1 is 1.39 bits per heavy atom. The Morgan fingerprint density at radius 3 is 2.78 bits per heavy atom. The first-order valence-corrected chi connectivity index (χ1v) is 7.04. The standard InChI is InChI=1S/C14H22BrNO2/c1-16(8-3-4-9-18-2)14(11-17)12-6-5-7-13(15)10-12/h5-7,10,14,17H,3-4,8-9,11H2,1-2H3. The van der Waals surface area contributed by atoms with Crippen LogP contribution in [0.4, 0.5) is 0 Å². The van der Waals surface area contributed by atoms with Crippen LogP contribution >= 0.6 is 15.9 Å². The van der Waals surface area contributed by atoms with Gasteiger partial charge in [0.05, 0.1) is 12.6 Å². The van der Waals surface area contributed by atoms with Crippen molar-refractivity contribution in [1.29, 1.82) is 0 Å². The zero-order valence-corrected chi connectivity index (χ0v) is 12.7. The Labute approximate surface area is 118 Å². The van der Waals surface area contributed by atoms with Crippen molar-refractivity contribution >= 4 is 15.9 Å². The summed E-state index contributed by atoms with van der Waals surface area (Å²) in [5, 5.41) is 9.56. The molecule has 3 nitrogen and oxygen atoms in total. The van der Waals surface area contributed by atoms with Crippen molar-refractivity contribution in [2.75, 3.05) is 33.9 Å². The summed E-state index contributed by atoms with van der Waals surface area (Å²) in [6.45, 7) is 1.90. The summed E-state index contributed by atoms with van der Waals surface area (Å²) in [6, 6.07) is 8.17. The lowest BCUT2D eigenvalue weighted by Crippen LogP contribution is -2.28. The predicted octanol–water partition coefficient (Wildman–Crippen LogP) is 2.84. The predicted molar refractivity (Wildman–Crippen MR) is 77.7 cm³/mol. The topological polar surface area (TPSA) is 32.7 Å². The molecule has 0 amide bonds. The highest BCUT2D eigenvalue weighted by atomic mass is 79.9. The SMILES string of the molecule is COCCCCN(C)C(CO)c1cccc(Br)c1. The van der Waals surface area contributed by atoms with E-state index in [0.29, 0.717) is 0 Å². The molecule has 0 bridgehead atoms. The number of nitrogens with zero attached hydrogens (tertiary/aromatic N) is 1. The van der Waals surface area contributed by atoms with Crippen molar-refractivity contribution in [2.24, 2.45) is 0 Å². The maximum Gasteiger partial charge on any atom is 0.0628 e. The van der Waals surface area contributed by atoms with E-state index < -0.39 is 0 Å². The quantitative estimate of drug-likeness (QED) is 0.749. The molecule has 0 aliphatic heterocycles. The van der Waals surface area contributed by atoms with Crippen LogP contribution in [-0.2, 0) is 4.74 Å². The van der Waals surface area contributed by atoms with Crippen molar-refractivity contribution in [2.45, 2.75) is 18.9 Å². The van der Waals surface area contributed by atoms with Crippen LogP contribution < -0.4 is 0 Å². The van der Waals surface area contributed by atoms with Gasteiger partial charge >= 0.3 is 0 Å². The Kier molecular flexibility index (Phi) is 7.51. The molecule has 1 rings (SSSR count). The van der Waals surface area contributed by atoms with Crippen molar-refractivity contribution < 1.29 is 9.84 Å². The van der Waals surface area contributed by atoms with Gasteiger partial charge in [-0.3, -0.25) is 4.90 Å². The van der Waals surface area contributed by atoms with Gasteiger partial charge < -0.3 is 9.84 Å². The Balaban J connectivity index is 2.54. The van der Waals surface area contributed by atoms with Crippen LogP contribution in [0.15, 0.2) is 28.7 Å². The van der Waals surface area contributed by atoms with E-state index in [1.54, 1.807) is 7.11 Å². The van der Waals surface area contributed by atoms with Crippen LogP contribution in [0.2, 0.25) is 0 Å². The van der Waals surface area contributed by atoms with E-state index in [9.17, 15) is 5.11 Å². The fourth-order valence-corrected chi connectivity index (χ4v) is 2.39. The van der Waals surface area contributed by atoms with Crippen LogP contribution in [0, 0.1) is 0 Å². The number of hydrogen-bond donors (Lipinski definition) is 1. The van der Waals surface area contributed by atoms with Gasteiger partial charge in [0, 0.05) is 18.2 Å². The Hall–Kier alpha value is -0.420. The molecule has 0 aromatic heterocycles.